The maximum Gasteiger partial charge on any atom is 0.236 e. The van der Waals surface area contributed by atoms with Gasteiger partial charge in [-0.3, -0.25) is 4.57 Å². The number of para-hydroxylation sites is 2. The molecule has 0 saturated heterocycles. The fraction of sp³-hybridized carbons (Fsp3) is 0.0577. The molecule has 7 aromatic carbocycles. The summed E-state index contributed by atoms with van der Waals surface area (Å²) in [5.41, 5.74) is 8.84. The van der Waals surface area contributed by atoms with Crippen LogP contribution in [0.15, 0.2) is 197 Å². The van der Waals surface area contributed by atoms with Gasteiger partial charge in [0.05, 0.1) is 22.1 Å². The molecule has 1 aliphatic rings. The molecule has 11 rings (SSSR count). The van der Waals surface area contributed by atoms with E-state index in [1.165, 1.54) is 42.0 Å². The molecule has 1 aliphatic heterocycles. The Morgan fingerprint density at radius 3 is 2.17 bits per heavy atom. The number of allylic oxidation sites excluding steroid dienone is 3. The fourth-order valence-electron chi connectivity index (χ4n) is 8.56. The first kappa shape index (κ1) is 34.1. The van der Waals surface area contributed by atoms with Gasteiger partial charge in [0.2, 0.25) is 5.96 Å². The molecule has 0 fully saturated rings. The Hall–Kier alpha value is -7.15. The number of rotatable bonds is 3. The zero-order valence-corrected chi connectivity index (χ0v) is 32.6. The van der Waals surface area contributed by atoms with Crippen LogP contribution in [0.2, 0.25) is 0 Å². The Morgan fingerprint density at radius 2 is 1.29 bits per heavy atom. The predicted molar refractivity (Wildman–Crippen MR) is 248 cm³/mol. The van der Waals surface area contributed by atoms with Crippen molar-refractivity contribution in [3.63, 3.8) is 0 Å². The summed E-state index contributed by atoms with van der Waals surface area (Å²) in [4.78, 5) is 15.2. The van der Waals surface area contributed by atoms with Crippen LogP contribution in [0.1, 0.15) is 18.9 Å². The summed E-state index contributed by atoms with van der Waals surface area (Å²) < 4.78 is 7.23. The number of hydrogen-bond acceptors (Lipinski definition) is 4. The lowest BCUT2D eigenvalue weighted by molar-refractivity contribution is 0.744. The summed E-state index contributed by atoms with van der Waals surface area (Å²) in [5, 5.41) is 7.34. The Balaban J connectivity index is 1.12. The van der Waals surface area contributed by atoms with Gasteiger partial charge in [-0.1, -0.05) is 122 Å². The van der Waals surface area contributed by atoms with Crippen LogP contribution in [-0.4, -0.2) is 27.1 Å². The van der Waals surface area contributed by atoms with Crippen LogP contribution in [0.5, 0.6) is 0 Å². The number of fused-ring (bicyclic) bond motifs is 9. The summed E-state index contributed by atoms with van der Waals surface area (Å²) in [6, 6.07) is 56.6. The number of aliphatic imine (C=N–C) groups is 3. The lowest BCUT2D eigenvalue weighted by atomic mass is 9.98. The lowest BCUT2D eigenvalue weighted by Crippen LogP contribution is -2.12. The van der Waals surface area contributed by atoms with E-state index < -0.39 is 0 Å². The van der Waals surface area contributed by atoms with Crippen LogP contribution in [0.25, 0.3) is 80.6 Å². The molecule has 276 valence electrons. The quantitative estimate of drug-likeness (QED) is 0.172. The molecule has 0 amide bonds. The molecule has 3 aromatic heterocycles. The highest BCUT2D eigenvalue weighted by atomic mass is 32.1. The first-order chi connectivity index (χ1) is 28.7. The first-order valence-electron chi connectivity index (χ1n) is 19.8. The highest BCUT2D eigenvalue weighted by molar-refractivity contribution is 7.25. The molecule has 1 unspecified atom stereocenters. The Morgan fingerprint density at radius 1 is 0.569 bits per heavy atom. The van der Waals surface area contributed by atoms with Crippen LogP contribution in [0.4, 0.5) is 0 Å². The summed E-state index contributed by atoms with van der Waals surface area (Å²) >= 11 is 1.85. The van der Waals surface area contributed by atoms with Gasteiger partial charge in [0.1, 0.15) is 0 Å². The number of aromatic nitrogens is 2. The Kier molecular flexibility index (Phi) is 8.30. The molecule has 0 spiro atoms. The number of benzene rings is 7. The third-order valence-electron chi connectivity index (χ3n) is 11.3. The summed E-state index contributed by atoms with van der Waals surface area (Å²) in [5.74, 6) is 1.51. The van der Waals surface area contributed by atoms with Gasteiger partial charge in [0.15, 0.2) is 5.84 Å². The summed E-state index contributed by atoms with van der Waals surface area (Å²) in [6.45, 7) is 2.20. The average molecular weight is 764 g/mol. The zero-order chi connectivity index (χ0) is 38.6. The highest BCUT2D eigenvalue weighted by Crippen LogP contribution is 2.41. The molecule has 1 atom stereocenters. The Labute approximate surface area is 339 Å². The number of hydrogen-bond donors (Lipinski definition) is 0. The number of nitrogens with zero attached hydrogens (tertiary/aromatic N) is 5. The zero-order valence-electron chi connectivity index (χ0n) is 31.8. The van der Waals surface area contributed by atoms with Crippen molar-refractivity contribution in [2.24, 2.45) is 20.9 Å². The smallest absolute Gasteiger partial charge is 0.236 e. The largest absolute Gasteiger partial charge is 0.309 e. The molecule has 0 N–H and O–H groups in total. The standard InChI is InChI=1S/C52H37N5S/c1-34-14-12-30-53-51(35-16-3-2-4-17-35)55-52(54-31-13-15-34)57-45-23-9-6-20-41(45)50-38(21-11-24-47(50)57)36-26-28-46-42(32-36)39-18-5-8-22-44(39)56(46)37-27-29-49-43(33-37)40-19-7-10-25-48(40)58-49/h2-14,16-34H,15H2,1H3/b14-12+,31-13-,53-30-,54-52+,55-51-. The van der Waals surface area contributed by atoms with Crippen LogP contribution in [-0.2, 0) is 0 Å². The van der Waals surface area contributed by atoms with Gasteiger partial charge in [-0.05, 0) is 84.1 Å². The molecule has 5 nitrogen and oxygen atoms in total. The fourth-order valence-corrected chi connectivity index (χ4v) is 9.65. The number of thiophene rings is 1. The average Bonchev–Trinajstić information content (AvgIpc) is 3.92. The van der Waals surface area contributed by atoms with Crippen molar-refractivity contribution in [3.8, 4) is 16.8 Å². The van der Waals surface area contributed by atoms with E-state index in [0.29, 0.717) is 17.7 Å². The second-order valence-corrected chi connectivity index (χ2v) is 16.0. The Bertz CT molecular complexity index is 3390. The minimum Gasteiger partial charge on any atom is -0.309 e. The molecule has 0 saturated carbocycles. The molecular formula is C52H37N5S. The topological polar surface area (TPSA) is 46.9 Å². The molecule has 0 radical (unpaired) electrons. The van der Waals surface area contributed by atoms with Crippen molar-refractivity contribution < 1.29 is 0 Å². The molecule has 58 heavy (non-hydrogen) atoms. The second-order valence-electron chi connectivity index (χ2n) is 14.9. The third kappa shape index (κ3) is 5.72. The second kappa shape index (κ2) is 14.1. The van der Waals surface area contributed by atoms with Gasteiger partial charge in [-0.25, -0.2) is 9.98 Å². The van der Waals surface area contributed by atoms with E-state index >= 15 is 0 Å². The van der Waals surface area contributed by atoms with E-state index in [9.17, 15) is 0 Å². The van der Waals surface area contributed by atoms with Crippen molar-refractivity contribution in [1.82, 2.24) is 9.13 Å². The maximum absolute atomic E-state index is 5.23. The van der Waals surface area contributed by atoms with E-state index in [2.05, 4.69) is 156 Å². The van der Waals surface area contributed by atoms with Crippen LogP contribution in [0, 0.1) is 5.92 Å². The van der Waals surface area contributed by atoms with E-state index in [1.807, 2.05) is 60.2 Å². The predicted octanol–water partition coefficient (Wildman–Crippen LogP) is 13.8. The van der Waals surface area contributed by atoms with Crippen molar-refractivity contribution >= 4 is 93.1 Å². The van der Waals surface area contributed by atoms with E-state index in [1.54, 1.807) is 0 Å². The molecule has 0 bridgehead atoms. The van der Waals surface area contributed by atoms with Gasteiger partial charge < -0.3 is 4.57 Å². The van der Waals surface area contributed by atoms with Crippen molar-refractivity contribution in [1.29, 1.82) is 0 Å². The molecular weight excluding hydrogens is 727 g/mol. The highest BCUT2D eigenvalue weighted by Gasteiger charge is 2.20. The van der Waals surface area contributed by atoms with Crippen molar-refractivity contribution in [2.45, 2.75) is 13.3 Å². The van der Waals surface area contributed by atoms with Crippen molar-refractivity contribution in [3.05, 3.63) is 188 Å². The van der Waals surface area contributed by atoms with E-state index in [-0.39, 0.29) is 0 Å². The van der Waals surface area contributed by atoms with Crippen molar-refractivity contribution in [2.75, 3.05) is 0 Å². The summed E-state index contributed by atoms with van der Waals surface area (Å²) in [7, 11) is 0. The van der Waals surface area contributed by atoms with Gasteiger partial charge in [0.25, 0.3) is 0 Å². The van der Waals surface area contributed by atoms with Crippen LogP contribution < -0.4 is 0 Å². The minimum absolute atomic E-state index is 0.352. The van der Waals surface area contributed by atoms with Gasteiger partial charge in [-0.15, -0.1) is 11.3 Å². The maximum atomic E-state index is 5.23. The minimum atomic E-state index is 0.352. The third-order valence-corrected chi connectivity index (χ3v) is 12.4. The summed E-state index contributed by atoms with van der Waals surface area (Å²) in [6.07, 6.45) is 10.9. The first-order valence-corrected chi connectivity index (χ1v) is 20.6. The van der Waals surface area contributed by atoms with Gasteiger partial charge in [0, 0.05) is 65.4 Å². The SMILES string of the molecule is CC1/C=C/C=N\C(c2ccccc2)=N/C(n2c3ccccc3c3c(-c4ccc5c(c4)c4ccccc4n5-c4ccc5sc6ccccc6c5c4)cccc32)=N\C=C/C1. The lowest BCUT2D eigenvalue weighted by Gasteiger charge is -2.11. The molecule has 6 heteroatoms. The van der Waals surface area contributed by atoms with Crippen LogP contribution >= 0.6 is 11.3 Å². The molecule has 10 aromatic rings. The van der Waals surface area contributed by atoms with Crippen LogP contribution in [0.3, 0.4) is 0 Å². The van der Waals surface area contributed by atoms with E-state index in [0.717, 1.165) is 50.6 Å². The normalized spacial score (nSPS) is 18.5. The monoisotopic (exact) mass is 763 g/mol. The van der Waals surface area contributed by atoms with Gasteiger partial charge in [-0.2, -0.15) is 4.99 Å². The van der Waals surface area contributed by atoms with Gasteiger partial charge >= 0.3 is 0 Å². The number of amidine groups is 1. The molecule has 0 aliphatic carbocycles. The molecule has 4 heterocycles. The van der Waals surface area contributed by atoms with E-state index in [4.69, 9.17) is 15.0 Å².